The Morgan fingerprint density at radius 1 is 1.14 bits per heavy atom. The van der Waals surface area contributed by atoms with Gasteiger partial charge in [-0.3, -0.25) is 4.79 Å². The minimum absolute atomic E-state index is 0.106. The Morgan fingerprint density at radius 3 is 2.72 bits per heavy atom. The number of carbonyl (C=O) groups is 1. The van der Waals surface area contributed by atoms with Crippen molar-refractivity contribution in [3.8, 4) is 16.2 Å². The van der Waals surface area contributed by atoms with Crippen LogP contribution in [0.25, 0.3) is 10.4 Å². The van der Waals surface area contributed by atoms with Gasteiger partial charge in [-0.1, -0.05) is 0 Å². The summed E-state index contributed by atoms with van der Waals surface area (Å²) in [5.41, 5.74) is 1.17. The SMILES string of the molecule is COc1ccc(-c2ccc(CNc3cc(N4CCN(C)C(=O)C4)ncn3)s2)cc1. The highest BCUT2D eigenvalue weighted by Gasteiger charge is 2.22. The van der Waals surface area contributed by atoms with Gasteiger partial charge in [0.25, 0.3) is 0 Å². The number of piperazine rings is 1. The van der Waals surface area contributed by atoms with E-state index in [0.29, 0.717) is 19.6 Å². The van der Waals surface area contributed by atoms with Gasteiger partial charge < -0.3 is 19.9 Å². The van der Waals surface area contributed by atoms with Crippen LogP contribution in [0.3, 0.4) is 0 Å². The largest absolute Gasteiger partial charge is 0.497 e. The number of nitrogens with one attached hydrogen (secondary N) is 1. The average molecular weight is 410 g/mol. The van der Waals surface area contributed by atoms with Crippen molar-refractivity contribution in [2.45, 2.75) is 6.54 Å². The fourth-order valence-electron chi connectivity index (χ4n) is 3.13. The van der Waals surface area contributed by atoms with Crippen molar-refractivity contribution in [2.24, 2.45) is 0 Å². The molecule has 4 rings (SSSR count). The molecule has 0 atom stereocenters. The van der Waals surface area contributed by atoms with Crippen LogP contribution in [0.5, 0.6) is 5.75 Å². The summed E-state index contributed by atoms with van der Waals surface area (Å²) in [6.45, 7) is 2.51. The minimum Gasteiger partial charge on any atom is -0.497 e. The summed E-state index contributed by atoms with van der Waals surface area (Å²) in [7, 11) is 3.50. The number of carbonyl (C=O) groups excluding carboxylic acids is 1. The van der Waals surface area contributed by atoms with Gasteiger partial charge in [0.05, 0.1) is 20.2 Å². The second-order valence-corrected chi connectivity index (χ2v) is 8.01. The third-order valence-corrected chi connectivity index (χ3v) is 6.05. The lowest BCUT2D eigenvalue weighted by molar-refractivity contribution is -0.129. The van der Waals surface area contributed by atoms with E-state index in [-0.39, 0.29) is 5.91 Å². The lowest BCUT2D eigenvalue weighted by Crippen LogP contribution is -2.48. The van der Waals surface area contributed by atoms with E-state index in [1.54, 1.807) is 23.3 Å². The molecule has 0 aliphatic carbocycles. The van der Waals surface area contributed by atoms with Crippen LogP contribution in [0.4, 0.5) is 11.6 Å². The number of thiophene rings is 1. The third kappa shape index (κ3) is 4.48. The number of amides is 1. The van der Waals surface area contributed by atoms with Gasteiger partial charge in [-0.25, -0.2) is 9.97 Å². The topological polar surface area (TPSA) is 70.6 Å². The number of nitrogens with zero attached hydrogens (tertiary/aromatic N) is 4. The Kier molecular flexibility index (Phi) is 5.62. The fourth-order valence-corrected chi connectivity index (χ4v) is 4.08. The minimum atomic E-state index is 0.106. The van der Waals surface area contributed by atoms with Crippen molar-refractivity contribution >= 4 is 28.9 Å². The maximum absolute atomic E-state index is 11.9. The molecule has 0 bridgehead atoms. The van der Waals surface area contributed by atoms with E-state index in [9.17, 15) is 4.79 Å². The molecule has 8 heteroatoms. The molecule has 1 amide bonds. The van der Waals surface area contributed by atoms with Gasteiger partial charge >= 0.3 is 0 Å². The predicted octanol–water partition coefficient (Wildman–Crippen LogP) is 3.10. The quantitative estimate of drug-likeness (QED) is 0.675. The molecule has 2 aromatic heterocycles. The van der Waals surface area contributed by atoms with Crippen LogP contribution in [-0.4, -0.2) is 54.6 Å². The highest BCUT2D eigenvalue weighted by atomic mass is 32.1. The number of rotatable bonds is 6. The van der Waals surface area contributed by atoms with Gasteiger partial charge in [-0.05, 0) is 42.0 Å². The van der Waals surface area contributed by atoms with Crippen LogP contribution in [0, 0.1) is 0 Å². The van der Waals surface area contributed by atoms with Crippen molar-refractivity contribution in [3.63, 3.8) is 0 Å². The van der Waals surface area contributed by atoms with Crippen molar-refractivity contribution in [3.05, 3.63) is 53.7 Å². The Balaban J connectivity index is 1.39. The number of hydrogen-bond donors (Lipinski definition) is 1. The molecular weight excluding hydrogens is 386 g/mol. The molecule has 0 unspecified atom stereocenters. The number of aromatic nitrogens is 2. The van der Waals surface area contributed by atoms with Crippen molar-refractivity contribution in [2.75, 3.05) is 44.0 Å². The summed E-state index contributed by atoms with van der Waals surface area (Å²) in [5, 5.41) is 3.36. The second kappa shape index (κ2) is 8.48. The maximum atomic E-state index is 11.9. The third-order valence-electron chi connectivity index (χ3n) is 4.91. The zero-order valence-corrected chi connectivity index (χ0v) is 17.3. The van der Waals surface area contributed by atoms with E-state index in [0.717, 1.165) is 23.9 Å². The number of benzene rings is 1. The first-order chi connectivity index (χ1) is 14.1. The molecule has 1 aliphatic rings. The van der Waals surface area contributed by atoms with Crippen molar-refractivity contribution < 1.29 is 9.53 Å². The molecule has 1 saturated heterocycles. The van der Waals surface area contributed by atoms with Gasteiger partial charge in [0.2, 0.25) is 5.91 Å². The van der Waals surface area contributed by atoms with Gasteiger partial charge in [-0.2, -0.15) is 0 Å². The fraction of sp³-hybridized carbons (Fsp3) is 0.286. The molecule has 0 saturated carbocycles. The number of methoxy groups -OCH3 is 1. The summed E-state index contributed by atoms with van der Waals surface area (Å²) in [5.74, 6) is 2.48. The van der Waals surface area contributed by atoms with E-state index < -0.39 is 0 Å². The summed E-state index contributed by atoms with van der Waals surface area (Å²) in [4.78, 5) is 26.8. The first-order valence-corrected chi connectivity index (χ1v) is 10.2. The zero-order valence-electron chi connectivity index (χ0n) is 16.5. The average Bonchev–Trinajstić information content (AvgIpc) is 3.23. The lowest BCUT2D eigenvalue weighted by Gasteiger charge is -2.32. The Labute approximate surface area is 174 Å². The smallest absolute Gasteiger partial charge is 0.241 e. The molecule has 3 aromatic rings. The van der Waals surface area contributed by atoms with Gasteiger partial charge in [-0.15, -0.1) is 11.3 Å². The van der Waals surface area contributed by atoms with E-state index in [1.165, 1.54) is 21.6 Å². The standard InChI is InChI=1S/C21H23N5O2S/c1-25-9-10-26(13-21(25)27)20-11-19(23-14-24-20)22-12-17-7-8-18(29-17)15-3-5-16(28-2)6-4-15/h3-8,11,14H,9-10,12-13H2,1-2H3,(H,22,23,24). The van der Waals surface area contributed by atoms with Gasteiger partial charge in [0, 0.05) is 36.0 Å². The zero-order chi connectivity index (χ0) is 20.2. The molecule has 1 fully saturated rings. The molecule has 150 valence electrons. The molecule has 7 nitrogen and oxygen atoms in total. The summed E-state index contributed by atoms with van der Waals surface area (Å²) in [6.07, 6.45) is 1.54. The molecule has 0 radical (unpaired) electrons. The van der Waals surface area contributed by atoms with Crippen LogP contribution >= 0.6 is 11.3 Å². The van der Waals surface area contributed by atoms with Crippen LogP contribution in [-0.2, 0) is 11.3 Å². The van der Waals surface area contributed by atoms with Crippen LogP contribution in [0.2, 0.25) is 0 Å². The molecule has 1 N–H and O–H groups in total. The highest BCUT2D eigenvalue weighted by Crippen LogP contribution is 2.30. The first-order valence-electron chi connectivity index (χ1n) is 9.40. The molecule has 1 aliphatic heterocycles. The molecular formula is C21H23N5O2S. The highest BCUT2D eigenvalue weighted by molar-refractivity contribution is 7.15. The maximum Gasteiger partial charge on any atom is 0.241 e. The van der Waals surface area contributed by atoms with Crippen molar-refractivity contribution in [1.82, 2.24) is 14.9 Å². The predicted molar refractivity (Wildman–Crippen MR) is 116 cm³/mol. The Bertz CT molecular complexity index is 989. The number of anilines is 2. The normalized spacial score (nSPS) is 14.2. The Morgan fingerprint density at radius 2 is 1.97 bits per heavy atom. The first kappa shape index (κ1) is 19.2. The van der Waals surface area contributed by atoms with E-state index in [4.69, 9.17) is 4.74 Å². The summed E-state index contributed by atoms with van der Waals surface area (Å²) < 4.78 is 5.22. The summed E-state index contributed by atoms with van der Waals surface area (Å²) >= 11 is 1.74. The number of hydrogen-bond acceptors (Lipinski definition) is 7. The van der Waals surface area contributed by atoms with Gasteiger partial charge in [0.1, 0.15) is 23.7 Å². The van der Waals surface area contributed by atoms with Crippen molar-refractivity contribution in [1.29, 1.82) is 0 Å². The second-order valence-electron chi connectivity index (χ2n) is 6.85. The van der Waals surface area contributed by atoms with Crippen LogP contribution < -0.4 is 15.0 Å². The lowest BCUT2D eigenvalue weighted by atomic mass is 10.2. The van der Waals surface area contributed by atoms with E-state index in [2.05, 4.69) is 39.6 Å². The van der Waals surface area contributed by atoms with E-state index in [1.807, 2.05) is 30.1 Å². The van der Waals surface area contributed by atoms with Crippen LogP contribution in [0.15, 0.2) is 48.8 Å². The Hall–Kier alpha value is -3.13. The molecule has 3 heterocycles. The molecule has 29 heavy (non-hydrogen) atoms. The van der Waals surface area contributed by atoms with Crippen LogP contribution in [0.1, 0.15) is 4.88 Å². The van der Waals surface area contributed by atoms with Gasteiger partial charge in [0.15, 0.2) is 0 Å². The number of likely N-dealkylation sites (N-methyl/N-ethyl adjacent to an activating group) is 1. The van der Waals surface area contributed by atoms with E-state index >= 15 is 0 Å². The number of ether oxygens (including phenoxy) is 1. The molecule has 1 aromatic carbocycles. The monoisotopic (exact) mass is 409 g/mol. The molecule has 0 spiro atoms. The summed E-state index contributed by atoms with van der Waals surface area (Å²) in [6, 6.07) is 14.2.